The summed E-state index contributed by atoms with van der Waals surface area (Å²) in [5.41, 5.74) is 5.20. The minimum atomic E-state index is -1.46. The van der Waals surface area contributed by atoms with Gasteiger partial charge in [0, 0.05) is 6.07 Å². The van der Waals surface area contributed by atoms with Crippen molar-refractivity contribution < 1.29 is 17.6 Å². The third-order valence-electron chi connectivity index (χ3n) is 2.36. The molecule has 0 saturated carbocycles. The van der Waals surface area contributed by atoms with Gasteiger partial charge >= 0.3 is 0 Å². The van der Waals surface area contributed by atoms with Gasteiger partial charge in [-0.3, -0.25) is 0 Å². The van der Waals surface area contributed by atoms with Crippen LogP contribution in [0.4, 0.5) is 17.6 Å². The van der Waals surface area contributed by atoms with E-state index in [9.17, 15) is 17.6 Å². The second-order valence-corrected chi connectivity index (χ2v) is 4.20. The fraction of sp³-hybridized carbons (Fsp3) is 0.0909. The first kappa shape index (κ1) is 14.9. The molecule has 0 fully saturated rings. The lowest BCUT2D eigenvalue weighted by Gasteiger charge is -2.13. The van der Waals surface area contributed by atoms with Crippen molar-refractivity contribution in [3.63, 3.8) is 0 Å². The molecular formula is C11H8ClF4NS. The Morgan fingerprint density at radius 2 is 1.61 bits per heavy atom. The molecule has 0 bridgehead atoms. The minimum Gasteiger partial charge on any atom is -0.320 e. The second kappa shape index (κ2) is 5.69. The van der Waals surface area contributed by atoms with Crippen molar-refractivity contribution in [2.45, 2.75) is 6.04 Å². The maximum absolute atomic E-state index is 13.4. The van der Waals surface area contributed by atoms with E-state index in [1.165, 1.54) is 17.4 Å². The zero-order valence-electron chi connectivity index (χ0n) is 8.79. The number of rotatable bonds is 2. The van der Waals surface area contributed by atoms with Gasteiger partial charge in [0.15, 0.2) is 23.3 Å². The molecule has 1 heterocycles. The third kappa shape index (κ3) is 2.50. The monoisotopic (exact) mass is 297 g/mol. The van der Waals surface area contributed by atoms with E-state index in [4.69, 9.17) is 5.73 Å². The minimum absolute atomic E-state index is 0. The van der Waals surface area contributed by atoms with Crippen molar-refractivity contribution in [3.8, 4) is 0 Å². The summed E-state index contributed by atoms with van der Waals surface area (Å²) in [5, 5.41) is 3.22. The van der Waals surface area contributed by atoms with Crippen LogP contribution in [0.2, 0.25) is 0 Å². The number of nitrogens with two attached hydrogens (primary N) is 1. The molecule has 2 aromatic rings. The largest absolute Gasteiger partial charge is 0.320 e. The lowest BCUT2D eigenvalue weighted by Crippen LogP contribution is -2.17. The number of thiophene rings is 1. The predicted octanol–water partition coefficient (Wildman–Crippen LogP) is 3.77. The summed E-state index contributed by atoms with van der Waals surface area (Å²) in [6, 6.07) is 0.470. The van der Waals surface area contributed by atoms with Crippen LogP contribution in [-0.4, -0.2) is 0 Å². The normalized spacial score (nSPS) is 12.1. The summed E-state index contributed by atoms with van der Waals surface area (Å²) in [7, 11) is 0. The summed E-state index contributed by atoms with van der Waals surface area (Å²) in [6.45, 7) is 0. The highest BCUT2D eigenvalue weighted by molar-refractivity contribution is 7.08. The number of hydrogen-bond donors (Lipinski definition) is 1. The van der Waals surface area contributed by atoms with Gasteiger partial charge in [0.05, 0.1) is 11.6 Å². The van der Waals surface area contributed by atoms with Gasteiger partial charge in [0.25, 0.3) is 0 Å². The van der Waals surface area contributed by atoms with Crippen molar-refractivity contribution in [1.82, 2.24) is 0 Å². The molecule has 1 atom stereocenters. The Labute approximate surface area is 111 Å². The van der Waals surface area contributed by atoms with E-state index in [0.29, 0.717) is 5.56 Å². The van der Waals surface area contributed by atoms with Gasteiger partial charge in [-0.05, 0) is 22.4 Å². The SMILES string of the molecule is Cl.N[C@H](c1ccsc1)c1c(F)c(F)cc(F)c1F. The highest BCUT2D eigenvalue weighted by Crippen LogP contribution is 2.29. The van der Waals surface area contributed by atoms with Gasteiger partial charge in [0.1, 0.15) is 0 Å². The summed E-state index contributed by atoms with van der Waals surface area (Å²) in [5.74, 6) is -5.82. The van der Waals surface area contributed by atoms with Crippen molar-refractivity contribution >= 4 is 23.7 Å². The molecule has 0 aliphatic heterocycles. The molecule has 2 N–H and O–H groups in total. The molecule has 0 aliphatic rings. The second-order valence-electron chi connectivity index (χ2n) is 3.42. The quantitative estimate of drug-likeness (QED) is 0.662. The van der Waals surface area contributed by atoms with Crippen molar-refractivity contribution in [1.29, 1.82) is 0 Å². The Balaban J connectivity index is 0.00000162. The Hall–Kier alpha value is -1.11. The zero-order valence-corrected chi connectivity index (χ0v) is 10.4. The smallest absolute Gasteiger partial charge is 0.167 e. The van der Waals surface area contributed by atoms with Crippen molar-refractivity contribution in [2.75, 3.05) is 0 Å². The number of halogens is 5. The van der Waals surface area contributed by atoms with Gasteiger partial charge < -0.3 is 5.73 Å². The summed E-state index contributed by atoms with van der Waals surface area (Å²) >= 11 is 1.27. The highest BCUT2D eigenvalue weighted by atomic mass is 35.5. The standard InChI is InChI=1S/C11H7F4NS.ClH/c12-6-3-7(13)10(15)8(9(6)14)11(16)5-1-2-17-4-5;/h1-4,11H,16H2;1H/t11-;/m1./s1. The van der Waals surface area contributed by atoms with Gasteiger partial charge in [-0.25, -0.2) is 17.6 Å². The van der Waals surface area contributed by atoms with Crippen molar-refractivity contribution in [2.24, 2.45) is 5.73 Å². The Morgan fingerprint density at radius 1 is 1.06 bits per heavy atom. The number of benzene rings is 1. The Morgan fingerprint density at radius 3 is 2.06 bits per heavy atom. The molecule has 0 aliphatic carbocycles. The van der Waals surface area contributed by atoms with Crippen molar-refractivity contribution in [3.05, 3.63) is 57.3 Å². The van der Waals surface area contributed by atoms with E-state index >= 15 is 0 Å². The molecule has 0 spiro atoms. The molecule has 1 nitrogen and oxygen atoms in total. The predicted molar refractivity (Wildman–Crippen MR) is 63.9 cm³/mol. The van der Waals surface area contributed by atoms with E-state index in [0.717, 1.165) is 0 Å². The fourth-order valence-corrected chi connectivity index (χ4v) is 2.18. The lowest BCUT2D eigenvalue weighted by molar-refractivity contribution is 0.433. The van der Waals surface area contributed by atoms with Crippen LogP contribution in [-0.2, 0) is 0 Å². The molecule has 0 saturated heterocycles. The van der Waals surface area contributed by atoms with Crippen LogP contribution < -0.4 is 5.73 Å². The zero-order chi connectivity index (χ0) is 12.6. The Bertz CT molecular complexity index is 518. The summed E-state index contributed by atoms with van der Waals surface area (Å²) in [6.07, 6.45) is 0. The average molecular weight is 298 g/mol. The maximum atomic E-state index is 13.4. The first-order valence-corrected chi connectivity index (χ1v) is 5.57. The molecule has 0 radical (unpaired) electrons. The van der Waals surface area contributed by atoms with Crippen LogP contribution in [0, 0.1) is 23.3 Å². The molecule has 1 aromatic carbocycles. The van der Waals surface area contributed by atoms with Gasteiger partial charge in [-0.2, -0.15) is 11.3 Å². The van der Waals surface area contributed by atoms with E-state index in [-0.39, 0.29) is 18.5 Å². The lowest BCUT2D eigenvalue weighted by atomic mass is 10.0. The molecular weight excluding hydrogens is 290 g/mol. The van der Waals surface area contributed by atoms with E-state index in [1.54, 1.807) is 10.8 Å². The molecule has 18 heavy (non-hydrogen) atoms. The topological polar surface area (TPSA) is 26.0 Å². The summed E-state index contributed by atoms with van der Waals surface area (Å²) < 4.78 is 52.8. The van der Waals surface area contributed by atoms with Crippen LogP contribution in [0.25, 0.3) is 0 Å². The first-order valence-electron chi connectivity index (χ1n) is 4.63. The molecule has 1 aromatic heterocycles. The van der Waals surface area contributed by atoms with E-state index < -0.39 is 34.9 Å². The highest BCUT2D eigenvalue weighted by Gasteiger charge is 2.24. The van der Waals surface area contributed by atoms with Crippen LogP contribution >= 0.6 is 23.7 Å². The van der Waals surface area contributed by atoms with Crippen LogP contribution in [0.5, 0.6) is 0 Å². The summed E-state index contributed by atoms with van der Waals surface area (Å²) in [4.78, 5) is 0. The first-order chi connectivity index (χ1) is 8.02. The van der Waals surface area contributed by atoms with Crippen LogP contribution in [0.3, 0.4) is 0 Å². The molecule has 98 valence electrons. The van der Waals surface area contributed by atoms with Crippen LogP contribution in [0.15, 0.2) is 22.9 Å². The van der Waals surface area contributed by atoms with Crippen LogP contribution in [0.1, 0.15) is 17.2 Å². The molecule has 7 heteroatoms. The number of hydrogen-bond acceptors (Lipinski definition) is 2. The van der Waals surface area contributed by atoms with Gasteiger partial charge in [-0.1, -0.05) is 0 Å². The Kier molecular flexibility index (Phi) is 4.72. The average Bonchev–Trinajstić information content (AvgIpc) is 2.80. The van der Waals surface area contributed by atoms with Gasteiger partial charge in [-0.15, -0.1) is 12.4 Å². The van der Waals surface area contributed by atoms with E-state index in [2.05, 4.69) is 0 Å². The maximum Gasteiger partial charge on any atom is 0.167 e. The third-order valence-corrected chi connectivity index (χ3v) is 3.06. The molecule has 0 amide bonds. The molecule has 0 unspecified atom stereocenters. The fourth-order valence-electron chi connectivity index (χ4n) is 1.48. The van der Waals surface area contributed by atoms with E-state index in [1.807, 2.05) is 0 Å². The van der Waals surface area contributed by atoms with Gasteiger partial charge in [0.2, 0.25) is 0 Å². The molecule has 2 rings (SSSR count).